The molecule has 1 aromatic carbocycles. The van der Waals surface area contributed by atoms with Crippen molar-refractivity contribution in [3.8, 4) is 0 Å². The van der Waals surface area contributed by atoms with Crippen LogP contribution in [0.2, 0.25) is 0 Å². The summed E-state index contributed by atoms with van der Waals surface area (Å²) in [6.07, 6.45) is 3.29. The number of pyridine rings is 1. The molecule has 0 aliphatic carbocycles. The average molecular weight is 254 g/mol. The topological polar surface area (TPSA) is 33.2 Å². The number of hydrogen-bond donors (Lipinski definition) is 0. The molecule has 2 aromatic rings. The first-order chi connectivity index (χ1) is 9.18. The SMILES string of the molecule is CC(C)N(Cc1ccccc1)C(=O)c1cccnc1. The summed E-state index contributed by atoms with van der Waals surface area (Å²) in [4.78, 5) is 18.3. The zero-order chi connectivity index (χ0) is 13.7. The first kappa shape index (κ1) is 13.3. The minimum atomic E-state index is 0.0203. The number of amides is 1. The predicted octanol–water partition coefficient (Wildman–Crippen LogP) is 3.13. The number of rotatable bonds is 4. The van der Waals surface area contributed by atoms with Gasteiger partial charge in [-0.25, -0.2) is 0 Å². The maximum absolute atomic E-state index is 12.5. The number of carbonyl (C=O) groups excluding carboxylic acids is 1. The zero-order valence-corrected chi connectivity index (χ0v) is 11.3. The molecule has 0 atom stereocenters. The molecule has 2 rings (SSSR count). The molecule has 0 aliphatic rings. The van der Waals surface area contributed by atoms with Crippen molar-refractivity contribution < 1.29 is 4.79 Å². The van der Waals surface area contributed by atoms with E-state index in [1.54, 1.807) is 24.5 Å². The van der Waals surface area contributed by atoms with Crippen molar-refractivity contribution in [2.24, 2.45) is 0 Å². The van der Waals surface area contributed by atoms with Gasteiger partial charge in [-0.05, 0) is 31.5 Å². The molecule has 98 valence electrons. The van der Waals surface area contributed by atoms with E-state index in [2.05, 4.69) is 4.98 Å². The Balaban J connectivity index is 2.19. The van der Waals surface area contributed by atoms with Gasteiger partial charge in [-0.2, -0.15) is 0 Å². The third-order valence-electron chi connectivity index (χ3n) is 2.99. The Hall–Kier alpha value is -2.16. The van der Waals surface area contributed by atoms with E-state index in [-0.39, 0.29) is 11.9 Å². The van der Waals surface area contributed by atoms with Gasteiger partial charge < -0.3 is 4.90 Å². The summed E-state index contributed by atoms with van der Waals surface area (Å²) in [5, 5.41) is 0. The molecule has 0 spiro atoms. The van der Waals surface area contributed by atoms with Crippen LogP contribution in [0.4, 0.5) is 0 Å². The van der Waals surface area contributed by atoms with Crippen LogP contribution in [0.3, 0.4) is 0 Å². The van der Waals surface area contributed by atoms with Crippen molar-refractivity contribution in [1.29, 1.82) is 0 Å². The van der Waals surface area contributed by atoms with E-state index in [9.17, 15) is 4.79 Å². The maximum Gasteiger partial charge on any atom is 0.255 e. The first-order valence-corrected chi connectivity index (χ1v) is 6.43. The van der Waals surface area contributed by atoms with Crippen LogP contribution in [-0.2, 0) is 6.54 Å². The molecule has 1 heterocycles. The van der Waals surface area contributed by atoms with Gasteiger partial charge in [0.2, 0.25) is 0 Å². The Morgan fingerprint density at radius 2 is 1.89 bits per heavy atom. The van der Waals surface area contributed by atoms with E-state index >= 15 is 0 Å². The van der Waals surface area contributed by atoms with Crippen molar-refractivity contribution in [2.75, 3.05) is 0 Å². The lowest BCUT2D eigenvalue weighted by Gasteiger charge is -2.27. The molecule has 3 nitrogen and oxygen atoms in total. The predicted molar refractivity (Wildman–Crippen MR) is 75.7 cm³/mol. The fraction of sp³-hybridized carbons (Fsp3) is 0.250. The number of hydrogen-bond acceptors (Lipinski definition) is 2. The smallest absolute Gasteiger partial charge is 0.255 e. The summed E-state index contributed by atoms with van der Waals surface area (Å²) in [6, 6.07) is 13.8. The molecule has 0 N–H and O–H groups in total. The summed E-state index contributed by atoms with van der Waals surface area (Å²) >= 11 is 0. The van der Waals surface area contributed by atoms with Gasteiger partial charge in [-0.1, -0.05) is 30.3 Å². The molecular formula is C16H18N2O. The van der Waals surface area contributed by atoms with E-state index < -0.39 is 0 Å². The van der Waals surface area contributed by atoms with Crippen molar-refractivity contribution in [3.63, 3.8) is 0 Å². The van der Waals surface area contributed by atoms with Crippen LogP contribution in [0.1, 0.15) is 29.8 Å². The molecule has 19 heavy (non-hydrogen) atoms. The molecule has 0 saturated heterocycles. The lowest BCUT2D eigenvalue weighted by atomic mass is 10.1. The van der Waals surface area contributed by atoms with Crippen molar-refractivity contribution >= 4 is 5.91 Å². The highest BCUT2D eigenvalue weighted by atomic mass is 16.2. The Labute approximate surface area is 113 Å². The first-order valence-electron chi connectivity index (χ1n) is 6.43. The van der Waals surface area contributed by atoms with Crippen molar-refractivity contribution in [3.05, 3.63) is 66.0 Å². The highest BCUT2D eigenvalue weighted by molar-refractivity contribution is 5.94. The third-order valence-corrected chi connectivity index (χ3v) is 2.99. The fourth-order valence-corrected chi connectivity index (χ4v) is 1.92. The molecule has 0 radical (unpaired) electrons. The van der Waals surface area contributed by atoms with Gasteiger partial charge in [-0.3, -0.25) is 9.78 Å². The Bertz CT molecular complexity index is 523. The van der Waals surface area contributed by atoms with Gasteiger partial charge in [0.1, 0.15) is 0 Å². The van der Waals surface area contributed by atoms with Gasteiger partial charge in [0, 0.05) is 25.0 Å². The molecule has 3 heteroatoms. The highest BCUT2D eigenvalue weighted by Crippen LogP contribution is 2.12. The number of benzene rings is 1. The van der Waals surface area contributed by atoms with Crippen molar-refractivity contribution in [2.45, 2.75) is 26.4 Å². The zero-order valence-electron chi connectivity index (χ0n) is 11.3. The van der Waals surface area contributed by atoms with Crippen LogP contribution in [0.25, 0.3) is 0 Å². The van der Waals surface area contributed by atoms with E-state index in [1.807, 2.05) is 49.1 Å². The van der Waals surface area contributed by atoms with Gasteiger partial charge in [0.05, 0.1) is 5.56 Å². The standard InChI is InChI=1S/C16H18N2O/c1-13(2)18(12-14-7-4-3-5-8-14)16(19)15-9-6-10-17-11-15/h3-11,13H,12H2,1-2H3. The van der Waals surface area contributed by atoms with E-state index in [0.29, 0.717) is 12.1 Å². The molecule has 0 fully saturated rings. The summed E-state index contributed by atoms with van der Waals surface area (Å²) in [6.45, 7) is 4.67. The van der Waals surface area contributed by atoms with Gasteiger partial charge in [0.25, 0.3) is 5.91 Å². The number of aromatic nitrogens is 1. The number of carbonyl (C=O) groups is 1. The lowest BCUT2D eigenvalue weighted by molar-refractivity contribution is 0.0690. The van der Waals surface area contributed by atoms with Crippen molar-refractivity contribution in [1.82, 2.24) is 9.88 Å². The lowest BCUT2D eigenvalue weighted by Crippen LogP contribution is -2.36. The monoisotopic (exact) mass is 254 g/mol. The summed E-state index contributed by atoms with van der Waals surface area (Å²) < 4.78 is 0. The fourth-order valence-electron chi connectivity index (χ4n) is 1.92. The van der Waals surface area contributed by atoms with Crippen LogP contribution in [-0.4, -0.2) is 21.8 Å². The molecule has 0 aliphatic heterocycles. The van der Waals surface area contributed by atoms with Gasteiger partial charge in [-0.15, -0.1) is 0 Å². The van der Waals surface area contributed by atoms with E-state index in [1.165, 1.54) is 0 Å². The molecule has 0 bridgehead atoms. The highest BCUT2D eigenvalue weighted by Gasteiger charge is 2.18. The molecule has 0 unspecified atom stereocenters. The van der Waals surface area contributed by atoms with Crippen LogP contribution in [0.15, 0.2) is 54.9 Å². The Morgan fingerprint density at radius 3 is 2.47 bits per heavy atom. The Kier molecular flexibility index (Phi) is 4.29. The molecule has 1 amide bonds. The molecular weight excluding hydrogens is 236 g/mol. The van der Waals surface area contributed by atoms with Crippen LogP contribution in [0, 0.1) is 0 Å². The minimum absolute atomic E-state index is 0.0203. The van der Waals surface area contributed by atoms with Crippen LogP contribution < -0.4 is 0 Å². The quantitative estimate of drug-likeness (QED) is 0.839. The third kappa shape index (κ3) is 3.41. The van der Waals surface area contributed by atoms with Crippen LogP contribution in [0.5, 0.6) is 0 Å². The second-order valence-corrected chi connectivity index (χ2v) is 4.75. The largest absolute Gasteiger partial charge is 0.332 e. The number of nitrogens with zero attached hydrogens (tertiary/aromatic N) is 2. The second-order valence-electron chi connectivity index (χ2n) is 4.75. The van der Waals surface area contributed by atoms with Crippen LogP contribution >= 0.6 is 0 Å². The summed E-state index contributed by atoms with van der Waals surface area (Å²) in [7, 11) is 0. The summed E-state index contributed by atoms with van der Waals surface area (Å²) in [5.41, 5.74) is 1.76. The molecule has 0 saturated carbocycles. The Morgan fingerprint density at radius 1 is 1.16 bits per heavy atom. The summed E-state index contributed by atoms with van der Waals surface area (Å²) in [5.74, 6) is 0.0203. The second kappa shape index (κ2) is 6.14. The van der Waals surface area contributed by atoms with Gasteiger partial charge >= 0.3 is 0 Å². The minimum Gasteiger partial charge on any atom is -0.332 e. The maximum atomic E-state index is 12.5. The normalized spacial score (nSPS) is 10.5. The van der Waals surface area contributed by atoms with Gasteiger partial charge in [0.15, 0.2) is 0 Å². The average Bonchev–Trinajstić information content (AvgIpc) is 2.46. The van der Waals surface area contributed by atoms with E-state index in [0.717, 1.165) is 5.56 Å². The van der Waals surface area contributed by atoms with E-state index in [4.69, 9.17) is 0 Å². The molecule has 1 aromatic heterocycles.